The van der Waals surface area contributed by atoms with E-state index >= 15 is 0 Å². The molecule has 1 aliphatic heterocycles. The van der Waals surface area contributed by atoms with E-state index in [1.54, 1.807) is 0 Å². The van der Waals surface area contributed by atoms with E-state index in [9.17, 15) is 9.59 Å². The monoisotopic (exact) mass is 426 g/mol. The molecule has 3 amide bonds. The SMILES string of the molecule is O=C1NC(Cc2ccccc2)C(=O)N1Cc1nnc(-c2ccc(Br)cc2)o1. The van der Waals surface area contributed by atoms with Crippen LogP contribution in [0.4, 0.5) is 4.79 Å². The fraction of sp³-hybridized carbons (Fsp3) is 0.158. The van der Waals surface area contributed by atoms with Crippen molar-refractivity contribution in [2.75, 3.05) is 0 Å². The number of benzene rings is 2. The van der Waals surface area contributed by atoms with E-state index < -0.39 is 12.1 Å². The minimum Gasteiger partial charge on any atom is -0.419 e. The lowest BCUT2D eigenvalue weighted by Gasteiger charge is -2.10. The average Bonchev–Trinajstić information content (AvgIpc) is 3.24. The molecule has 1 aliphatic rings. The van der Waals surface area contributed by atoms with E-state index in [0.717, 1.165) is 20.5 Å². The first-order valence-corrected chi connectivity index (χ1v) is 9.13. The van der Waals surface area contributed by atoms with Crippen molar-refractivity contribution in [3.63, 3.8) is 0 Å². The van der Waals surface area contributed by atoms with E-state index in [0.29, 0.717) is 12.3 Å². The van der Waals surface area contributed by atoms with Gasteiger partial charge in [-0.15, -0.1) is 10.2 Å². The Balaban J connectivity index is 1.45. The van der Waals surface area contributed by atoms with Crippen molar-refractivity contribution in [1.82, 2.24) is 20.4 Å². The Morgan fingerprint density at radius 2 is 1.78 bits per heavy atom. The highest BCUT2D eigenvalue weighted by atomic mass is 79.9. The highest BCUT2D eigenvalue weighted by Gasteiger charge is 2.38. The standard InChI is InChI=1S/C19H15BrN4O3/c20-14-8-6-13(7-9-14)17-23-22-16(27-17)11-24-18(25)15(21-19(24)26)10-12-4-2-1-3-5-12/h1-9,15H,10-11H2,(H,21,26). The van der Waals surface area contributed by atoms with Crippen LogP contribution in [0.3, 0.4) is 0 Å². The average molecular weight is 427 g/mol. The maximum Gasteiger partial charge on any atom is 0.325 e. The van der Waals surface area contributed by atoms with Crippen LogP contribution in [0.15, 0.2) is 63.5 Å². The molecule has 8 heteroatoms. The number of aromatic nitrogens is 2. The van der Waals surface area contributed by atoms with Crippen LogP contribution in [0.5, 0.6) is 0 Å². The second kappa shape index (κ2) is 7.32. The van der Waals surface area contributed by atoms with Crippen molar-refractivity contribution in [3.05, 3.63) is 70.5 Å². The van der Waals surface area contributed by atoms with Gasteiger partial charge in [-0.05, 0) is 29.8 Å². The summed E-state index contributed by atoms with van der Waals surface area (Å²) in [6.07, 6.45) is 0.440. The second-order valence-electron chi connectivity index (χ2n) is 6.12. The van der Waals surface area contributed by atoms with Gasteiger partial charge in [-0.25, -0.2) is 4.79 Å². The fourth-order valence-electron chi connectivity index (χ4n) is 2.88. The number of amides is 3. The normalized spacial score (nSPS) is 16.6. The van der Waals surface area contributed by atoms with Crippen LogP contribution in [0.1, 0.15) is 11.5 Å². The topological polar surface area (TPSA) is 88.3 Å². The van der Waals surface area contributed by atoms with Gasteiger partial charge in [-0.3, -0.25) is 9.69 Å². The molecule has 1 fully saturated rings. The molecule has 2 aromatic carbocycles. The number of hydrogen-bond acceptors (Lipinski definition) is 5. The predicted octanol–water partition coefficient (Wildman–Crippen LogP) is 3.16. The van der Waals surface area contributed by atoms with Crippen LogP contribution >= 0.6 is 15.9 Å². The largest absolute Gasteiger partial charge is 0.419 e. The lowest BCUT2D eigenvalue weighted by Crippen LogP contribution is -2.32. The first kappa shape index (κ1) is 17.4. The quantitative estimate of drug-likeness (QED) is 0.632. The van der Waals surface area contributed by atoms with E-state index in [2.05, 4.69) is 31.4 Å². The van der Waals surface area contributed by atoms with Gasteiger partial charge in [0.25, 0.3) is 5.91 Å². The zero-order valence-corrected chi connectivity index (χ0v) is 15.7. The summed E-state index contributed by atoms with van der Waals surface area (Å²) in [5, 5.41) is 10.7. The maximum atomic E-state index is 12.6. The molecule has 4 rings (SSSR count). The van der Waals surface area contributed by atoms with E-state index in [1.165, 1.54) is 0 Å². The molecule has 1 aromatic heterocycles. The van der Waals surface area contributed by atoms with Gasteiger partial charge >= 0.3 is 6.03 Å². The summed E-state index contributed by atoms with van der Waals surface area (Å²) in [6.45, 7) is -0.0561. The Labute approximate surface area is 163 Å². The Kier molecular flexibility index (Phi) is 4.72. The third kappa shape index (κ3) is 3.75. The molecule has 0 aliphatic carbocycles. The molecule has 0 radical (unpaired) electrons. The molecule has 3 aromatic rings. The molecular weight excluding hydrogens is 412 g/mol. The van der Waals surface area contributed by atoms with Gasteiger partial charge in [-0.1, -0.05) is 46.3 Å². The Hall–Kier alpha value is -3.00. The summed E-state index contributed by atoms with van der Waals surface area (Å²) < 4.78 is 6.55. The van der Waals surface area contributed by atoms with Gasteiger partial charge in [0.1, 0.15) is 12.6 Å². The van der Waals surface area contributed by atoms with Crippen LogP contribution in [-0.4, -0.2) is 33.1 Å². The lowest BCUT2D eigenvalue weighted by atomic mass is 10.1. The first-order chi connectivity index (χ1) is 13.1. The number of nitrogens with zero attached hydrogens (tertiary/aromatic N) is 3. The Bertz CT molecular complexity index is 972. The summed E-state index contributed by atoms with van der Waals surface area (Å²) in [5.74, 6) is 0.245. The van der Waals surface area contributed by atoms with Gasteiger partial charge in [0.2, 0.25) is 11.8 Å². The van der Waals surface area contributed by atoms with Crippen LogP contribution < -0.4 is 5.32 Å². The molecule has 27 heavy (non-hydrogen) atoms. The van der Waals surface area contributed by atoms with E-state index in [4.69, 9.17) is 4.42 Å². The van der Waals surface area contributed by atoms with Crippen LogP contribution in [0.25, 0.3) is 11.5 Å². The molecule has 7 nitrogen and oxygen atoms in total. The van der Waals surface area contributed by atoms with Gasteiger partial charge < -0.3 is 9.73 Å². The van der Waals surface area contributed by atoms with Crippen LogP contribution in [0.2, 0.25) is 0 Å². The summed E-state index contributed by atoms with van der Waals surface area (Å²) >= 11 is 3.37. The zero-order chi connectivity index (χ0) is 18.8. The van der Waals surface area contributed by atoms with Crippen molar-refractivity contribution in [3.8, 4) is 11.5 Å². The lowest BCUT2D eigenvalue weighted by molar-refractivity contribution is -0.128. The van der Waals surface area contributed by atoms with Gasteiger partial charge in [0, 0.05) is 16.5 Å². The number of carbonyl (C=O) groups is 2. The molecule has 1 unspecified atom stereocenters. The molecule has 1 atom stereocenters. The minimum atomic E-state index is -0.589. The van der Waals surface area contributed by atoms with Crippen molar-refractivity contribution in [1.29, 1.82) is 0 Å². The number of nitrogens with one attached hydrogen (secondary N) is 1. The van der Waals surface area contributed by atoms with Crippen LogP contribution in [-0.2, 0) is 17.8 Å². The first-order valence-electron chi connectivity index (χ1n) is 8.34. The molecule has 0 saturated carbocycles. The molecule has 0 spiro atoms. The smallest absolute Gasteiger partial charge is 0.325 e. The number of hydrogen-bond donors (Lipinski definition) is 1. The molecule has 2 heterocycles. The van der Waals surface area contributed by atoms with Gasteiger partial charge in [-0.2, -0.15) is 0 Å². The van der Waals surface area contributed by atoms with E-state index in [-0.39, 0.29) is 18.3 Å². The molecule has 1 saturated heterocycles. The van der Waals surface area contributed by atoms with Crippen molar-refractivity contribution in [2.24, 2.45) is 0 Å². The third-order valence-electron chi connectivity index (χ3n) is 4.24. The van der Waals surface area contributed by atoms with Crippen LogP contribution in [0, 0.1) is 0 Å². The Morgan fingerprint density at radius 1 is 1.04 bits per heavy atom. The number of imide groups is 1. The summed E-state index contributed by atoms with van der Waals surface area (Å²) in [4.78, 5) is 25.9. The van der Waals surface area contributed by atoms with Crippen molar-refractivity contribution >= 4 is 27.9 Å². The molecule has 1 N–H and O–H groups in total. The molecule has 0 bridgehead atoms. The second-order valence-corrected chi connectivity index (χ2v) is 7.04. The zero-order valence-electron chi connectivity index (χ0n) is 14.1. The highest BCUT2D eigenvalue weighted by molar-refractivity contribution is 9.10. The molecular formula is C19H15BrN4O3. The van der Waals surface area contributed by atoms with Gasteiger partial charge in [0.15, 0.2) is 0 Å². The maximum absolute atomic E-state index is 12.6. The third-order valence-corrected chi connectivity index (χ3v) is 4.77. The molecule has 136 valence electrons. The Morgan fingerprint density at radius 3 is 2.52 bits per heavy atom. The minimum absolute atomic E-state index is 0.0561. The van der Waals surface area contributed by atoms with E-state index in [1.807, 2.05) is 54.6 Å². The predicted molar refractivity (Wildman–Crippen MR) is 100 cm³/mol. The fourth-order valence-corrected chi connectivity index (χ4v) is 3.14. The number of carbonyl (C=O) groups excluding carboxylic acids is 2. The summed E-state index contributed by atoms with van der Waals surface area (Å²) in [7, 11) is 0. The van der Waals surface area contributed by atoms with Crippen molar-refractivity contribution < 1.29 is 14.0 Å². The van der Waals surface area contributed by atoms with Gasteiger partial charge in [0.05, 0.1) is 0 Å². The number of rotatable bonds is 5. The number of urea groups is 1. The summed E-state index contributed by atoms with van der Waals surface area (Å²) in [5.41, 5.74) is 1.74. The highest BCUT2D eigenvalue weighted by Crippen LogP contribution is 2.22. The summed E-state index contributed by atoms with van der Waals surface area (Å²) in [6, 6.07) is 15.9. The number of halogens is 1. The van der Waals surface area contributed by atoms with Crippen molar-refractivity contribution in [2.45, 2.75) is 19.0 Å².